The molecule has 1 fully saturated rings. The standard InChI is InChI=1S/C18H19FN6O2.C2H4S/c1-20-7-15-10-25(18(26)27-15)14-2-3-17(16(19)6-14)24-9-13(22-12-24)8-23-5-4-21-11-23;1-2-3/h2-6,9,11-12,15,20H,7-8,10H2,1H3;2H,1H3. The largest absolute Gasteiger partial charge is 0.443 e. The van der Waals surface area contributed by atoms with Crippen molar-refractivity contribution >= 4 is 29.4 Å². The van der Waals surface area contributed by atoms with Crippen molar-refractivity contribution in [2.45, 2.75) is 19.6 Å². The normalized spacial score (nSPS) is 15.5. The van der Waals surface area contributed by atoms with E-state index in [0.717, 1.165) is 5.69 Å². The Morgan fingerprint density at radius 3 is 2.87 bits per heavy atom. The highest BCUT2D eigenvalue weighted by molar-refractivity contribution is 7.78. The van der Waals surface area contributed by atoms with Gasteiger partial charge in [-0.1, -0.05) is 12.2 Å². The average molecular weight is 431 g/mol. The van der Waals surface area contributed by atoms with Gasteiger partial charge in [0.25, 0.3) is 0 Å². The van der Waals surface area contributed by atoms with Crippen LogP contribution in [0.1, 0.15) is 12.6 Å². The lowest BCUT2D eigenvalue weighted by molar-refractivity contribution is 0.141. The fraction of sp³-hybridized carbons (Fsp3) is 0.300. The van der Waals surface area contributed by atoms with Gasteiger partial charge in [-0.3, -0.25) is 4.90 Å². The minimum absolute atomic E-state index is 0.246. The van der Waals surface area contributed by atoms with Crippen molar-refractivity contribution in [2.24, 2.45) is 0 Å². The maximum Gasteiger partial charge on any atom is 0.414 e. The number of rotatable bonds is 6. The summed E-state index contributed by atoms with van der Waals surface area (Å²) in [6.45, 7) is 3.31. The van der Waals surface area contributed by atoms with E-state index in [1.807, 2.05) is 17.7 Å². The molecule has 8 nitrogen and oxygen atoms in total. The first-order chi connectivity index (χ1) is 14.5. The molecule has 1 aliphatic heterocycles. The van der Waals surface area contributed by atoms with Crippen LogP contribution in [-0.2, 0) is 11.3 Å². The first-order valence-electron chi connectivity index (χ1n) is 9.36. The topological polar surface area (TPSA) is 77.2 Å². The van der Waals surface area contributed by atoms with E-state index in [1.54, 1.807) is 54.2 Å². The van der Waals surface area contributed by atoms with Gasteiger partial charge < -0.3 is 19.2 Å². The summed E-state index contributed by atoms with van der Waals surface area (Å²) < 4.78 is 23.5. The number of thiocarbonyl (C=S) groups is 1. The quantitative estimate of drug-likeness (QED) is 0.606. The van der Waals surface area contributed by atoms with Gasteiger partial charge in [-0.05, 0) is 37.5 Å². The monoisotopic (exact) mass is 430 g/mol. The van der Waals surface area contributed by atoms with E-state index in [2.05, 4.69) is 27.5 Å². The predicted octanol–water partition coefficient (Wildman–Crippen LogP) is 2.81. The number of amides is 1. The van der Waals surface area contributed by atoms with Gasteiger partial charge in [-0.25, -0.2) is 19.2 Å². The molecule has 1 saturated heterocycles. The van der Waals surface area contributed by atoms with E-state index in [-0.39, 0.29) is 6.10 Å². The second-order valence-corrected chi connectivity index (χ2v) is 7.02. The molecular weight excluding hydrogens is 407 g/mol. The van der Waals surface area contributed by atoms with Gasteiger partial charge in [0.15, 0.2) is 0 Å². The zero-order valence-electron chi connectivity index (χ0n) is 16.7. The van der Waals surface area contributed by atoms with Crippen molar-refractivity contribution in [3.63, 3.8) is 0 Å². The van der Waals surface area contributed by atoms with Crippen molar-refractivity contribution in [1.82, 2.24) is 24.4 Å². The molecule has 3 heterocycles. The molecule has 3 aromatic rings. The molecule has 1 aliphatic rings. The Balaban J connectivity index is 0.000000806. The van der Waals surface area contributed by atoms with Crippen molar-refractivity contribution < 1.29 is 13.9 Å². The first-order valence-corrected chi connectivity index (χ1v) is 9.84. The fourth-order valence-electron chi connectivity index (χ4n) is 3.08. The number of aromatic nitrogens is 4. The number of cyclic esters (lactones) is 1. The number of nitrogens with zero attached hydrogens (tertiary/aromatic N) is 5. The average Bonchev–Trinajstić information content (AvgIpc) is 3.45. The number of hydrogen-bond acceptors (Lipinski definition) is 6. The third-order valence-corrected chi connectivity index (χ3v) is 4.37. The molecule has 0 bridgehead atoms. The van der Waals surface area contributed by atoms with Gasteiger partial charge >= 0.3 is 6.09 Å². The van der Waals surface area contributed by atoms with Crippen LogP contribution in [0.5, 0.6) is 0 Å². The van der Waals surface area contributed by atoms with Crippen molar-refractivity contribution in [3.05, 3.63) is 61.0 Å². The van der Waals surface area contributed by atoms with Crippen LogP contribution in [0.3, 0.4) is 0 Å². The Bertz CT molecular complexity index is 991. The molecule has 0 spiro atoms. The van der Waals surface area contributed by atoms with E-state index < -0.39 is 11.9 Å². The lowest BCUT2D eigenvalue weighted by atomic mass is 10.2. The van der Waals surface area contributed by atoms with Gasteiger partial charge in [0.2, 0.25) is 0 Å². The number of likely N-dealkylation sites (N-methyl/N-ethyl adjacent to an activating group) is 1. The Kier molecular flexibility index (Phi) is 7.26. The Labute approximate surface area is 179 Å². The maximum absolute atomic E-state index is 14.7. The number of nitrogens with one attached hydrogen (secondary N) is 1. The molecule has 1 unspecified atom stereocenters. The SMILES string of the molecule is CC=S.CNCC1CN(c2ccc(-n3cnc(Cn4ccnc4)c3)c(F)c2)C(=O)O1. The summed E-state index contributed by atoms with van der Waals surface area (Å²) in [4.78, 5) is 21.7. The molecule has 158 valence electrons. The third-order valence-electron chi connectivity index (χ3n) is 4.37. The van der Waals surface area contributed by atoms with E-state index in [9.17, 15) is 9.18 Å². The summed E-state index contributed by atoms with van der Waals surface area (Å²) in [7, 11) is 1.79. The van der Waals surface area contributed by atoms with Crippen LogP contribution in [0.4, 0.5) is 14.9 Å². The minimum Gasteiger partial charge on any atom is -0.443 e. The third kappa shape index (κ3) is 5.08. The number of benzene rings is 1. The van der Waals surface area contributed by atoms with E-state index in [4.69, 9.17) is 4.74 Å². The van der Waals surface area contributed by atoms with Crippen LogP contribution in [0, 0.1) is 5.82 Å². The number of ether oxygens (including phenoxy) is 1. The van der Waals surface area contributed by atoms with Crippen LogP contribution in [-0.4, -0.2) is 56.8 Å². The first kappa shape index (κ1) is 21.6. The van der Waals surface area contributed by atoms with E-state index in [0.29, 0.717) is 31.0 Å². The van der Waals surface area contributed by atoms with Crippen LogP contribution in [0.15, 0.2) is 49.4 Å². The Hall–Kier alpha value is -3.11. The second-order valence-electron chi connectivity index (χ2n) is 6.55. The molecule has 30 heavy (non-hydrogen) atoms. The van der Waals surface area contributed by atoms with Gasteiger partial charge in [0, 0.05) is 25.1 Å². The van der Waals surface area contributed by atoms with Gasteiger partial charge in [0.1, 0.15) is 11.9 Å². The lowest BCUT2D eigenvalue weighted by Gasteiger charge is -2.14. The molecule has 0 radical (unpaired) electrons. The van der Waals surface area contributed by atoms with Gasteiger partial charge in [-0.15, -0.1) is 0 Å². The highest BCUT2D eigenvalue weighted by Crippen LogP contribution is 2.25. The number of halogens is 1. The van der Waals surface area contributed by atoms with Crippen LogP contribution < -0.4 is 10.2 Å². The summed E-state index contributed by atoms with van der Waals surface area (Å²) in [5, 5.41) is 4.55. The van der Waals surface area contributed by atoms with Crippen molar-refractivity contribution in [2.75, 3.05) is 25.0 Å². The Morgan fingerprint density at radius 2 is 2.20 bits per heavy atom. The summed E-state index contributed by atoms with van der Waals surface area (Å²) in [5.41, 5.74) is 1.62. The van der Waals surface area contributed by atoms with Crippen molar-refractivity contribution in [3.8, 4) is 5.69 Å². The molecule has 2 aromatic heterocycles. The highest BCUT2D eigenvalue weighted by atomic mass is 32.1. The van der Waals surface area contributed by atoms with E-state index in [1.165, 1.54) is 11.0 Å². The number of imidazole rings is 2. The molecule has 1 atom stereocenters. The van der Waals surface area contributed by atoms with Crippen molar-refractivity contribution in [1.29, 1.82) is 0 Å². The number of hydrogen-bond donors (Lipinski definition) is 1. The van der Waals surface area contributed by atoms with Gasteiger partial charge in [-0.2, -0.15) is 0 Å². The minimum atomic E-state index is -0.465. The highest BCUT2D eigenvalue weighted by Gasteiger charge is 2.32. The second kappa shape index (κ2) is 10.1. The summed E-state index contributed by atoms with van der Waals surface area (Å²) in [6.07, 6.45) is 7.86. The molecule has 1 aromatic carbocycles. The number of anilines is 1. The number of carbonyl (C=O) groups is 1. The predicted molar refractivity (Wildman–Crippen MR) is 116 cm³/mol. The smallest absolute Gasteiger partial charge is 0.414 e. The molecule has 1 amide bonds. The molecule has 1 N–H and O–H groups in total. The molecular formula is C20H23FN6O2S. The van der Waals surface area contributed by atoms with Crippen LogP contribution >= 0.6 is 12.2 Å². The van der Waals surface area contributed by atoms with Crippen LogP contribution in [0.25, 0.3) is 5.69 Å². The summed E-state index contributed by atoms with van der Waals surface area (Å²) in [5.74, 6) is -0.441. The maximum atomic E-state index is 14.7. The molecule has 0 saturated carbocycles. The van der Waals surface area contributed by atoms with Gasteiger partial charge in [0.05, 0.1) is 42.8 Å². The molecule has 4 rings (SSSR count). The van der Waals surface area contributed by atoms with E-state index >= 15 is 0 Å². The fourth-order valence-corrected chi connectivity index (χ4v) is 3.08. The zero-order chi connectivity index (χ0) is 21.5. The summed E-state index contributed by atoms with van der Waals surface area (Å²) >= 11 is 4.27. The number of carbonyl (C=O) groups excluding carboxylic acids is 1. The Morgan fingerprint density at radius 1 is 1.40 bits per heavy atom. The molecule has 10 heteroatoms. The lowest BCUT2D eigenvalue weighted by Crippen LogP contribution is -2.29. The zero-order valence-corrected chi connectivity index (χ0v) is 17.6. The van der Waals surface area contributed by atoms with Crippen LogP contribution in [0.2, 0.25) is 0 Å². The molecule has 0 aliphatic carbocycles. The summed E-state index contributed by atoms with van der Waals surface area (Å²) in [6, 6.07) is 4.68.